The summed E-state index contributed by atoms with van der Waals surface area (Å²) >= 11 is 0. The molecule has 0 saturated carbocycles. The van der Waals surface area contributed by atoms with E-state index in [2.05, 4.69) is 10.6 Å². The predicted molar refractivity (Wildman–Crippen MR) is 94.0 cm³/mol. The van der Waals surface area contributed by atoms with E-state index in [1.165, 1.54) is 11.1 Å². The van der Waals surface area contributed by atoms with E-state index in [0.717, 1.165) is 36.1 Å². The minimum atomic E-state index is -1.12. The molecule has 0 bridgehead atoms. The number of amides is 4. The first kappa shape index (κ1) is 17.5. The third-order valence-corrected chi connectivity index (χ3v) is 5.27. The molecule has 1 aromatic rings. The number of carbonyl (C=O) groups is 3. The highest BCUT2D eigenvalue weighted by atomic mass is 16.2. The highest BCUT2D eigenvalue weighted by Gasteiger charge is 2.49. The number of urea groups is 1. The lowest BCUT2D eigenvalue weighted by Crippen LogP contribution is -2.44. The summed E-state index contributed by atoms with van der Waals surface area (Å²) < 4.78 is 0. The maximum absolute atomic E-state index is 12.9. The first-order valence-corrected chi connectivity index (χ1v) is 8.91. The zero-order valence-corrected chi connectivity index (χ0v) is 15.0. The molecular formula is C19H25N3O3. The van der Waals surface area contributed by atoms with Crippen molar-refractivity contribution in [3.8, 4) is 0 Å². The van der Waals surface area contributed by atoms with E-state index in [9.17, 15) is 14.4 Å². The van der Waals surface area contributed by atoms with Crippen LogP contribution in [0.15, 0.2) is 18.2 Å². The Hall–Kier alpha value is -2.37. The minimum Gasteiger partial charge on any atom is -0.352 e. The van der Waals surface area contributed by atoms with Crippen LogP contribution >= 0.6 is 0 Å². The van der Waals surface area contributed by atoms with Gasteiger partial charge in [-0.3, -0.25) is 14.5 Å². The first-order valence-electron chi connectivity index (χ1n) is 8.91. The molecule has 1 aliphatic heterocycles. The monoisotopic (exact) mass is 343 g/mol. The Balaban J connectivity index is 1.79. The summed E-state index contributed by atoms with van der Waals surface area (Å²) in [6.45, 7) is 5.30. The van der Waals surface area contributed by atoms with Crippen LogP contribution in [0.2, 0.25) is 0 Å². The molecule has 2 atom stereocenters. The van der Waals surface area contributed by atoms with Gasteiger partial charge in [0.2, 0.25) is 5.91 Å². The number of fused-ring (bicyclic) bond motifs is 1. The molecule has 134 valence electrons. The van der Waals surface area contributed by atoms with E-state index < -0.39 is 11.6 Å². The number of rotatable bonds is 5. The molecular weight excluding hydrogens is 318 g/mol. The highest BCUT2D eigenvalue weighted by Crippen LogP contribution is 2.32. The second-order valence-electron chi connectivity index (χ2n) is 7.16. The molecule has 0 spiro atoms. The maximum atomic E-state index is 12.9. The summed E-state index contributed by atoms with van der Waals surface area (Å²) in [5, 5.41) is 5.55. The molecule has 6 heteroatoms. The molecule has 1 heterocycles. The summed E-state index contributed by atoms with van der Waals surface area (Å²) in [5.74, 6) is -0.703. The van der Waals surface area contributed by atoms with Crippen LogP contribution < -0.4 is 10.6 Å². The Morgan fingerprint density at radius 2 is 2.04 bits per heavy atom. The van der Waals surface area contributed by atoms with Gasteiger partial charge in [-0.1, -0.05) is 25.1 Å². The SMILES string of the molecule is CCC(C)NC(=O)CN1C(=O)NC(C)(c2ccc3c(c2)CCC3)C1=O. The number of hydrogen-bond acceptors (Lipinski definition) is 3. The van der Waals surface area contributed by atoms with E-state index in [1.54, 1.807) is 6.92 Å². The van der Waals surface area contributed by atoms with E-state index in [1.807, 2.05) is 32.0 Å². The lowest BCUT2D eigenvalue weighted by molar-refractivity contribution is -0.135. The lowest BCUT2D eigenvalue weighted by atomic mass is 9.89. The second-order valence-corrected chi connectivity index (χ2v) is 7.16. The summed E-state index contributed by atoms with van der Waals surface area (Å²) in [6.07, 6.45) is 3.98. The van der Waals surface area contributed by atoms with Crippen LogP contribution in [0, 0.1) is 0 Å². The molecule has 25 heavy (non-hydrogen) atoms. The number of benzene rings is 1. The van der Waals surface area contributed by atoms with Crippen molar-refractivity contribution in [2.75, 3.05) is 6.54 Å². The first-order chi connectivity index (χ1) is 11.8. The molecule has 2 unspecified atom stereocenters. The fourth-order valence-electron chi connectivity index (χ4n) is 3.49. The topological polar surface area (TPSA) is 78.5 Å². The molecule has 6 nitrogen and oxygen atoms in total. The smallest absolute Gasteiger partial charge is 0.325 e. The molecule has 3 rings (SSSR count). The predicted octanol–water partition coefficient (Wildman–Crippen LogP) is 1.86. The van der Waals surface area contributed by atoms with Crippen LogP contribution in [0.25, 0.3) is 0 Å². The summed E-state index contributed by atoms with van der Waals surface area (Å²) in [6, 6.07) is 5.46. The average Bonchev–Trinajstić information content (AvgIpc) is 3.13. The zero-order valence-electron chi connectivity index (χ0n) is 15.0. The Bertz CT molecular complexity index is 731. The Kier molecular flexibility index (Phi) is 4.54. The molecule has 1 saturated heterocycles. The van der Waals surface area contributed by atoms with Gasteiger partial charge in [-0.05, 0) is 56.2 Å². The summed E-state index contributed by atoms with van der Waals surface area (Å²) in [4.78, 5) is 38.3. The molecule has 0 aromatic heterocycles. The number of carbonyl (C=O) groups excluding carboxylic acids is 3. The van der Waals surface area contributed by atoms with Crippen molar-refractivity contribution in [2.24, 2.45) is 0 Å². The van der Waals surface area contributed by atoms with Crippen LogP contribution in [-0.4, -0.2) is 35.3 Å². The number of nitrogens with one attached hydrogen (secondary N) is 2. The van der Waals surface area contributed by atoms with Crippen molar-refractivity contribution in [2.45, 2.75) is 58.0 Å². The van der Waals surface area contributed by atoms with E-state index in [-0.39, 0.29) is 24.4 Å². The molecule has 4 amide bonds. The normalized spacial score (nSPS) is 23.4. The maximum Gasteiger partial charge on any atom is 0.325 e. The second kappa shape index (κ2) is 6.50. The van der Waals surface area contributed by atoms with Crippen LogP contribution in [-0.2, 0) is 28.0 Å². The van der Waals surface area contributed by atoms with Crippen LogP contribution in [0.3, 0.4) is 0 Å². The average molecular weight is 343 g/mol. The third-order valence-electron chi connectivity index (χ3n) is 5.27. The largest absolute Gasteiger partial charge is 0.352 e. The fourth-order valence-corrected chi connectivity index (χ4v) is 3.49. The molecule has 1 fully saturated rings. The Labute approximate surface area is 148 Å². The number of hydrogen-bond donors (Lipinski definition) is 2. The molecule has 1 aliphatic carbocycles. The van der Waals surface area contributed by atoms with Gasteiger partial charge in [-0.25, -0.2) is 4.79 Å². The molecule has 1 aromatic carbocycles. The number of aryl methyl sites for hydroxylation is 2. The van der Waals surface area contributed by atoms with Crippen LogP contribution in [0.1, 0.15) is 50.3 Å². The Morgan fingerprint density at radius 1 is 1.32 bits per heavy atom. The van der Waals surface area contributed by atoms with Gasteiger partial charge in [0.25, 0.3) is 5.91 Å². The lowest BCUT2D eigenvalue weighted by Gasteiger charge is -2.23. The quantitative estimate of drug-likeness (QED) is 0.801. The zero-order chi connectivity index (χ0) is 18.2. The van der Waals surface area contributed by atoms with E-state index >= 15 is 0 Å². The van der Waals surface area contributed by atoms with Gasteiger partial charge in [0.05, 0.1) is 0 Å². The van der Waals surface area contributed by atoms with Crippen molar-refractivity contribution in [3.05, 3.63) is 34.9 Å². The minimum absolute atomic E-state index is 0.0105. The van der Waals surface area contributed by atoms with Gasteiger partial charge in [-0.15, -0.1) is 0 Å². The Morgan fingerprint density at radius 3 is 2.76 bits per heavy atom. The van der Waals surface area contributed by atoms with Crippen LogP contribution in [0.5, 0.6) is 0 Å². The van der Waals surface area contributed by atoms with Crippen molar-refractivity contribution in [1.29, 1.82) is 0 Å². The van der Waals surface area contributed by atoms with Gasteiger partial charge >= 0.3 is 6.03 Å². The molecule has 0 radical (unpaired) electrons. The van der Waals surface area contributed by atoms with Crippen LogP contribution in [0.4, 0.5) is 4.79 Å². The van der Waals surface area contributed by atoms with Gasteiger partial charge in [-0.2, -0.15) is 0 Å². The van der Waals surface area contributed by atoms with Gasteiger partial charge in [0.1, 0.15) is 12.1 Å². The molecule has 2 aliphatic rings. The molecule has 2 N–H and O–H groups in total. The number of nitrogens with zero attached hydrogens (tertiary/aromatic N) is 1. The highest BCUT2D eigenvalue weighted by molar-refractivity contribution is 6.09. The fraction of sp³-hybridized carbons (Fsp3) is 0.526. The van der Waals surface area contributed by atoms with Gasteiger partial charge in [0.15, 0.2) is 0 Å². The van der Waals surface area contributed by atoms with Crippen molar-refractivity contribution >= 4 is 17.8 Å². The van der Waals surface area contributed by atoms with Gasteiger partial charge in [0, 0.05) is 6.04 Å². The third kappa shape index (κ3) is 3.13. The van der Waals surface area contributed by atoms with Crippen molar-refractivity contribution in [3.63, 3.8) is 0 Å². The van der Waals surface area contributed by atoms with Crippen molar-refractivity contribution < 1.29 is 14.4 Å². The number of imide groups is 1. The summed E-state index contributed by atoms with van der Waals surface area (Å²) in [5.41, 5.74) is 2.21. The summed E-state index contributed by atoms with van der Waals surface area (Å²) in [7, 11) is 0. The standard InChI is InChI=1S/C19H25N3O3/c1-4-12(2)20-16(23)11-22-17(24)19(3,21-18(22)25)15-9-8-13-6-5-7-14(13)10-15/h8-10,12H,4-7,11H2,1-3H3,(H,20,23)(H,21,25). The van der Waals surface area contributed by atoms with E-state index in [0.29, 0.717) is 0 Å². The van der Waals surface area contributed by atoms with Gasteiger partial charge < -0.3 is 10.6 Å². The van der Waals surface area contributed by atoms with E-state index in [4.69, 9.17) is 0 Å². The van der Waals surface area contributed by atoms with Crippen molar-refractivity contribution in [1.82, 2.24) is 15.5 Å².